The molecule has 1 heterocycles. The number of hydrogen-bond donors (Lipinski definition) is 0. The molecule has 0 aromatic carbocycles. The molecule has 3 nitrogen and oxygen atoms in total. The van der Waals surface area contributed by atoms with E-state index in [0.29, 0.717) is 5.56 Å². The molecule has 0 amide bonds. The Hall–Kier alpha value is -1.34. The quantitative estimate of drug-likeness (QED) is 0.591. The van der Waals surface area contributed by atoms with E-state index in [1.165, 1.54) is 18.5 Å². The molecule has 0 aliphatic rings. The Kier molecular flexibility index (Phi) is 2.15. The Balaban J connectivity index is 3.47. The van der Waals surface area contributed by atoms with Crippen molar-refractivity contribution in [2.75, 3.05) is 6.26 Å². The number of aromatic nitrogens is 1. The van der Waals surface area contributed by atoms with E-state index in [2.05, 4.69) is 10.9 Å². The molecular formula is C8H7NO2S. The van der Waals surface area contributed by atoms with Gasteiger partial charge in [-0.3, -0.25) is 4.98 Å². The van der Waals surface area contributed by atoms with Crippen LogP contribution >= 0.6 is 0 Å². The maximum atomic E-state index is 11.1. The molecule has 12 heavy (non-hydrogen) atoms. The zero-order chi connectivity index (χ0) is 9.19. The van der Waals surface area contributed by atoms with Crippen LogP contribution in [0.4, 0.5) is 0 Å². The zero-order valence-corrected chi connectivity index (χ0v) is 7.30. The highest BCUT2D eigenvalue weighted by atomic mass is 32.2. The lowest BCUT2D eigenvalue weighted by molar-refractivity contribution is 0.601. The second kappa shape index (κ2) is 2.95. The molecule has 0 saturated carbocycles. The van der Waals surface area contributed by atoms with Crippen LogP contribution in [0.1, 0.15) is 5.56 Å². The number of hydrogen-bond acceptors (Lipinski definition) is 3. The SMILES string of the molecule is C#Cc1cnccc1S(C)(=O)=O. The molecule has 1 aromatic heterocycles. The predicted octanol–water partition coefficient (Wildman–Crippen LogP) is 0.466. The third-order valence-corrected chi connectivity index (χ3v) is 2.49. The fourth-order valence-corrected chi connectivity index (χ4v) is 1.63. The van der Waals surface area contributed by atoms with Crippen molar-refractivity contribution in [2.24, 2.45) is 0 Å². The van der Waals surface area contributed by atoms with Crippen molar-refractivity contribution in [1.29, 1.82) is 0 Å². The Bertz CT molecular complexity index is 429. The third kappa shape index (κ3) is 1.63. The topological polar surface area (TPSA) is 47.0 Å². The summed E-state index contributed by atoms with van der Waals surface area (Å²) in [6, 6.07) is 1.39. The lowest BCUT2D eigenvalue weighted by Crippen LogP contribution is -2.00. The van der Waals surface area contributed by atoms with Gasteiger partial charge in [0.25, 0.3) is 0 Å². The Labute approximate surface area is 71.4 Å². The monoisotopic (exact) mass is 181 g/mol. The first kappa shape index (κ1) is 8.75. The normalized spacial score (nSPS) is 10.7. The molecule has 0 aliphatic carbocycles. The number of sulfone groups is 1. The minimum absolute atomic E-state index is 0.153. The van der Waals surface area contributed by atoms with Crippen LogP contribution in [0.25, 0.3) is 0 Å². The van der Waals surface area contributed by atoms with Crippen LogP contribution in [0.2, 0.25) is 0 Å². The summed E-state index contributed by atoms with van der Waals surface area (Å²) in [6.07, 6.45) is 8.96. The van der Waals surface area contributed by atoms with Crippen molar-refractivity contribution in [3.8, 4) is 12.3 Å². The molecular weight excluding hydrogens is 174 g/mol. The highest BCUT2D eigenvalue weighted by Gasteiger charge is 2.10. The van der Waals surface area contributed by atoms with Crippen molar-refractivity contribution in [1.82, 2.24) is 4.98 Å². The van der Waals surface area contributed by atoms with Gasteiger partial charge >= 0.3 is 0 Å². The molecule has 1 rings (SSSR count). The van der Waals surface area contributed by atoms with Crippen molar-refractivity contribution in [3.63, 3.8) is 0 Å². The molecule has 0 aliphatic heterocycles. The van der Waals surface area contributed by atoms with Gasteiger partial charge in [0.15, 0.2) is 9.84 Å². The molecule has 0 bridgehead atoms. The van der Waals surface area contributed by atoms with Gasteiger partial charge in [0.1, 0.15) is 0 Å². The van der Waals surface area contributed by atoms with E-state index >= 15 is 0 Å². The smallest absolute Gasteiger partial charge is 0.176 e. The molecule has 0 spiro atoms. The van der Waals surface area contributed by atoms with E-state index in [1.54, 1.807) is 0 Å². The first-order valence-corrected chi connectivity index (χ1v) is 5.05. The summed E-state index contributed by atoms with van der Waals surface area (Å²) in [7, 11) is -3.23. The molecule has 0 atom stereocenters. The van der Waals surface area contributed by atoms with Gasteiger partial charge in [-0.2, -0.15) is 0 Å². The van der Waals surface area contributed by atoms with E-state index in [4.69, 9.17) is 6.42 Å². The molecule has 0 unspecified atom stereocenters. The summed E-state index contributed by atoms with van der Waals surface area (Å²) in [6.45, 7) is 0. The van der Waals surface area contributed by atoms with Gasteiger partial charge < -0.3 is 0 Å². The second-order valence-electron chi connectivity index (χ2n) is 2.29. The maximum absolute atomic E-state index is 11.1. The number of nitrogens with zero attached hydrogens (tertiary/aromatic N) is 1. The van der Waals surface area contributed by atoms with Crippen LogP contribution < -0.4 is 0 Å². The molecule has 0 radical (unpaired) electrons. The summed E-state index contributed by atoms with van der Waals surface area (Å²) in [5.41, 5.74) is 0.306. The standard InChI is InChI=1S/C8H7NO2S/c1-3-7-6-9-5-4-8(7)12(2,10)11/h1,4-6H,2H3. The second-order valence-corrected chi connectivity index (χ2v) is 4.27. The van der Waals surface area contributed by atoms with Crippen LogP contribution in [-0.4, -0.2) is 19.7 Å². The van der Waals surface area contributed by atoms with E-state index in [9.17, 15) is 8.42 Å². The van der Waals surface area contributed by atoms with Gasteiger partial charge in [-0.15, -0.1) is 6.42 Å². The molecule has 0 saturated heterocycles. The van der Waals surface area contributed by atoms with Crippen LogP contribution in [0.3, 0.4) is 0 Å². The number of pyridine rings is 1. The Morgan fingerprint density at radius 2 is 2.25 bits per heavy atom. The summed E-state index contributed by atoms with van der Waals surface area (Å²) in [4.78, 5) is 3.88. The molecule has 0 fully saturated rings. The largest absolute Gasteiger partial charge is 0.263 e. The van der Waals surface area contributed by atoms with Crippen molar-refractivity contribution < 1.29 is 8.42 Å². The average Bonchev–Trinajstić information content (AvgIpc) is 2.03. The van der Waals surface area contributed by atoms with Crippen molar-refractivity contribution in [2.45, 2.75) is 4.90 Å². The molecule has 62 valence electrons. The Morgan fingerprint density at radius 1 is 1.58 bits per heavy atom. The van der Waals surface area contributed by atoms with Gasteiger partial charge in [-0.25, -0.2) is 8.42 Å². The van der Waals surface area contributed by atoms with Crippen molar-refractivity contribution in [3.05, 3.63) is 24.0 Å². The molecule has 1 aromatic rings. The van der Waals surface area contributed by atoms with Gasteiger partial charge in [0.2, 0.25) is 0 Å². The van der Waals surface area contributed by atoms with E-state index in [0.717, 1.165) is 6.26 Å². The fourth-order valence-electron chi connectivity index (χ4n) is 0.813. The van der Waals surface area contributed by atoms with Crippen LogP contribution in [-0.2, 0) is 9.84 Å². The number of rotatable bonds is 1. The molecule has 4 heteroatoms. The Morgan fingerprint density at radius 3 is 2.67 bits per heavy atom. The highest BCUT2D eigenvalue weighted by molar-refractivity contribution is 7.90. The van der Waals surface area contributed by atoms with E-state index in [-0.39, 0.29) is 4.90 Å². The zero-order valence-electron chi connectivity index (χ0n) is 6.48. The van der Waals surface area contributed by atoms with Gasteiger partial charge in [0.05, 0.1) is 10.5 Å². The molecule has 0 N–H and O–H groups in total. The maximum Gasteiger partial charge on any atom is 0.176 e. The summed E-state index contributed by atoms with van der Waals surface area (Å²) >= 11 is 0. The highest BCUT2D eigenvalue weighted by Crippen LogP contribution is 2.11. The van der Waals surface area contributed by atoms with Crippen LogP contribution in [0.5, 0.6) is 0 Å². The fraction of sp³-hybridized carbons (Fsp3) is 0.125. The third-order valence-electron chi connectivity index (χ3n) is 1.34. The van der Waals surface area contributed by atoms with Gasteiger partial charge in [-0.05, 0) is 6.07 Å². The van der Waals surface area contributed by atoms with E-state index in [1.807, 2.05) is 0 Å². The van der Waals surface area contributed by atoms with Gasteiger partial charge in [-0.1, -0.05) is 5.92 Å². The van der Waals surface area contributed by atoms with Gasteiger partial charge in [0, 0.05) is 18.6 Å². The average molecular weight is 181 g/mol. The summed E-state index contributed by atoms with van der Waals surface area (Å²) in [5.74, 6) is 2.26. The lowest BCUT2D eigenvalue weighted by Gasteiger charge is -1.99. The van der Waals surface area contributed by atoms with Crippen LogP contribution in [0, 0.1) is 12.3 Å². The van der Waals surface area contributed by atoms with E-state index < -0.39 is 9.84 Å². The summed E-state index contributed by atoms with van der Waals surface area (Å²) in [5, 5.41) is 0. The minimum atomic E-state index is -3.23. The van der Waals surface area contributed by atoms with Crippen LogP contribution in [0.15, 0.2) is 23.4 Å². The first-order chi connectivity index (χ1) is 5.55. The minimum Gasteiger partial charge on any atom is -0.263 e. The lowest BCUT2D eigenvalue weighted by atomic mass is 10.3. The number of terminal acetylenes is 1. The first-order valence-electron chi connectivity index (χ1n) is 3.16. The van der Waals surface area contributed by atoms with Crippen molar-refractivity contribution >= 4 is 9.84 Å². The predicted molar refractivity (Wildman–Crippen MR) is 45.3 cm³/mol. The summed E-state index contributed by atoms with van der Waals surface area (Å²) < 4.78 is 22.2.